The lowest BCUT2D eigenvalue weighted by Gasteiger charge is -2.32. The van der Waals surface area contributed by atoms with Crippen LogP contribution in [0.1, 0.15) is 25.0 Å². The van der Waals surface area contributed by atoms with Crippen molar-refractivity contribution in [3.8, 4) is 6.07 Å². The van der Waals surface area contributed by atoms with E-state index >= 15 is 0 Å². The van der Waals surface area contributed by atoms with E-state index in [9.17, 15) is 14.0 Å². The zero-order valence-electron chi connectivity index (χ0n) is 11.4. The molecule has 1 atom stereocenters. The average molecular weight is 271 g/mol. The molecule has 0 aromatic heterocycles. The fourth-order valence-corrected chi connectivity index (χ4v) is 2.55. The van der Waals surface area contributed by atoms with E-state index in [1.807, 2.05) is 13.8 Å². The first-order chi connectivity index (χ1) is 9.52. The number of rotatable bonds is 3. The standard InChI is InChI=1S/C17H15F2N/c1-12(2)17(11-20,13-7-9-14(18)10-8-13)15-5-3-4-6-16(15)19/h3-10,12H,1-2H3. The molecule has 0 saturated carbocycles. The Kier molecular flexibility index (Phi) is 3.85. The number of hydrogen-bond acceptors (Lipinski definition) is 1. The second-order valence-electron chi connectivity index (χ2n) is 5.06. The summed E-state index contributed by atoms with van der Waals surface area (Å²) in [6.45, 7) is 3.72. The van der Waals surface area contributed by atoms with Crippen molar-refractivity contribution in [1.29, 1.82) is 5.26 Å². The van der Waals surface area contributed by atoms with Gasteiger partial charge in [-0.1, -0.05) is 44.2 Å². The Bertz CT molecular complexity index is 641. The maximum atomic E-state index is 14.2. The molecule has 3 heteroatoms. The highest BCUT2D eigenvalue weighted by Crippen LogP contribution is 2.39. The van der Waals surface area contributed by atoms with Crippen LogP contribution in [0.2, 0.25) is 0 Å². The third-order valence-electron chi connectivity index (χ3n) is 3.64. The smallest absolute Gasteiger partial charge is 0.128 e. The van der Waals surface area contributed by atoms with Crippen molar-refractivity contribution in [3.05, 3.63) is 71.3 Å². The Labute approximate surface area is 117 Å². The molecule has 0 aliphatic heterocycles. The number of nitrogens with zero attached hydrogens (tertiary/aromatic N) is 1. The third kappa shape index (κ3) is 2.18. The largest absolute Gasteiger partial charge is 0.207 e. The number of nitriles is 1. The highest BCUT2D eigenvalue weighted by atomic mass is 19.1. The van der Waals surface area contributed by atoms with Crippen LogP contribution >= 0.6 is 0 Å². The van der Waals surface area contributed by atoms with Gasteiger partial charge < -0.3 is 0 Å². The first-order valence-corrected chi connectivity index (χ1v) is 6.44. The maximum Gasteiger partial charge on any atom is 0.128 e. The fourth-order valence-electron chi connectivity index (χ4n) is 2.55. The Balaban J connectivity index is 2.73. The zero-order chi connectivity index (χ0) is 14.8. The van der Waals surface area contributed by atoms with Crippen molar-refractivity contribution in [2.45, 2.75) is 19.3 Å². The van der Waals surface area contributed by atoms with Gasteiger partial charge in [0, 0.05) is 5.56 Å². The van der Waals surface area contributed by atoms with E-state index in [2.05, 4.69) is 6.07 Å². The summed E-state index contributed by atoms with van der Waals surface area (Å²) in [5.41, 5.74) is -0.204. The quantitative estimate of drug-likeness (QED) is 0.810. The SMILES string of the molecule is CC(C)C(C#N)(c1ccc(F)cc1)c1ccccc1F. The molecular weight excluding hydrogens is 256 g/mol. The van der Waals surface area contributed by atoms with Crippen molar-refractivity contribution in [3.63, 3.8) is 0 Å². The lowest BCUT2D eigenvalue weighted by molar-refractivity contribution is 0.440. The molecule has 2 rings (SSSR count). The minimum Gasteiger partial charge on any atom is -0.207 e. The second-order valence-corrected chi connectivity index (χ2v) is 5.06. The molecule has 20 heavy (non-hydrogen) atoms. The van der Waals surface area contributed by atoms with Gasteiger partial charge in [0.15, 0.2) is 0 Å². The highest BCUT2D eigenvalue weighted by Gasteiger charge is 2.40. The van der Waals surface area contributed by atoms with E-state index in [1.54, 1.807) is 30.3 Å². The molecule has 102 valence electrons. The third-order valence-corrected chi connectivity index (χ3v) is 3.64. The Morgan fingerprint density at radius 2 is 1.60 bits per heavy atom. The molecule has 1 unspecified atom stereocenters. The van der Waals surface area contributed by atoms with E-state index in [0.29, 0.717) is 11.1 Å². The van der Waals surface area contributed by atoms with Gasteiger partial charge >= 0.3 is 0 Å². The molecule has 0 bridgehead atoms. The van der Waals surface area contributed by atoms with Gasteiger partial charge in [-0.2, -0.15) is 5.26 Å². The predicted molar refractivity (Wildman–Crippen MR) is 74.0 cm³/mol. The number of benzene rings is 2. The van der Waals surface area contributed by atoms with Crippen LogP contribution in [0.4, 0.5) is 8.78 Å². The van der Waals surface area contributed by atoms with E-state index < -0.39 is 11.2 Å². The van der Waals surface area contributed by atoms with E-state index in [4.69, 9.17) is 0 Å². The molecule has 0 spiro atoms. The summed E-state index contributed by atoms with van der Waals surface area (Å²) < 4.78 is 27.3. The summed E-state index contributed by atoms with van der Waals surface area (Å²) in [5.74, 6) is -0.959. The predicted octanol–water partition coefficient (Wildman–Crippen LogP) is 4.43. The summed E-state index contributed by atoms with van der Waals surface area (Å²) in [5, 5.41) is 9.74. The van der Waals surface area contributed by atoms with Crippen molar-refractivity contribution in [2.24, 2.45) is 5.92 Å². The number of halogens is 2. The van der Waals surface area contributed by atoms with Crippen molar-refractivity contribution in [2.75, 3.05) is 0 Å². The molecule has 0 aliphatic carbocycles. The summed E-state index contributed by atoms with van der Waals surface area (Å²) in [6.07, 6.45) is 0. The zero-order valence-corrected chi connectivity index (χ0v) is 11.4. The Hall–Kier alpha value is -2.21. The van der Waals surface area contributed by atoms with Crippen LogP contribution in [-0.4, -0.2) is 0 Å². The molecule has 2 aromatic carbocycles. The molecular formula is C17H15F2N. The van der Waals surface area contributed by atoms with E-state index in [1.165, 1.54) is 18.2 Å². The summed E-state index contributed by atoms with van der Waals surface area (Å²) in [6, 6.07) is 14.2. The van der Waals surface area contributed by atoms with Crippen LogP contribution in [0.3, 0.4) is 0 Å². The summed E-state index contributed by atoms with van der Waals surface area (Å²) in [7, 11) is 0. The van der Waals surface area contributed by atoms with Crippen molar-refractivity contribution >= 4 is 0 Å². The lowest BCUT2D eigenvalue weighted by Crippen LogP contribution is -2.33. The van der Waals surface area contributed by atoms with Crippen LogP contribution in [0.25, 0.3) is 0 Å². The fraction of sp³-hybridized carbons (Fsp3) is 0.235. The van der Waals surface area contributed by atoms with Gasteiger partial charge in [-0.05, 0) is 29.7 Å². The highest BCUT2D eigenvalue weighted by molar-refractivity contribution is 5.47. The molecule has 0 radical (unpaired) electrons. The average Bonchev–Trinajstić information content (AvgIpc) is 2.43. The lowest BCUT2D eigenvalue weighted by atomic mass is 9.68. The molecule has 0 amide bonds. The van der Waals surface area contributed by atoms with Crippen LogP contribution < -0.4 is 0 Å². The van der Waals surface area contributed by atoms with Crippen LogP contribution in [-0.2, 0) is 5.41 Å². The maximum absolute atomic E-state index is 14.2. The van der Waals surface area contributed by atoms with Gasteiger partial charge in [-0.25, -0.2) is 8.78 Å². The molecule has 2 aromatic rings. The first kappa shape index (κ1) is 14.2. The minimum atomic E-state index is -1.13. The van der Waals surface area contributed by atoms with E-state index in [-0.39, 0.29) is 11.7 Å². The van der Waals surface area contributed by atoms with Crippen LogP contribution in [0.15, 0.2) is 48.5 Å². The second kappa shape index (κ2) is 5.42. The molecule has 0 saturated heterocycles. The molecule has 0 fully saturated rings. The molecule has 0 heterocycles. The Morgan fingerprint density at radius 1 is 1.00 bits per heavy atom. The van der Waals surface area contributed by atoms with Crippen LogP contribution in [0, 0.1) is 28.9 Å². The van der Waals surface area contributed by atoms with Crippen molar-refractivity contribution < 1.29 is 8.78 Å². The molecule has 0 aliphatic rings. The molecule has 0 N–H and O–H groups in total. The Morgan fingerprint density at radius 3 is 2.10 bits per heavy atom. The van der Waals surface area contributed by atoms with Gasteiger partial charge in [-0.15, -0.1) is 0 Å². The van der Waals surface area contributed by atoms with Gasteiger partial charge in [0.1, 0.15) is 17.0 Å². The molecule has 1 nitrogen and oxygen atoms in total. The topological polar surface area (TPSA) is 23.8 Å². The van der Waals surface area contributed by atoms with E-state index in [0.717, 1.165) is 0 Å². The van der Waals surface area contributed by atoms with Gasteiger partial charge in [0.2, 0.25) is 0 Å². The monoisotopic (exact) mass is 271 g/mol. The van der Waals surface area contributed by atoms with Crippen molar-refractivity contribution in [1.82, 2.24) is 0 Å². The minimum absolute atomic E-state index is 0.158. The van der Waals surface area contributed by atoms with Gasteiger partial charge in [0.05, 0.1) is 6.07 Å². The van der Waals surface area contributed by atoms with Crippen LogP contribution in [0.5, 0.6) is 0 Å². The summed E-state index contributed by atoms with van der Waals surface area (Å²) >= 11 is 0. The van der Waals surface area contributed by atoms with Gasteiger partial charge in [-0.3, -0.25) is 0 Å². The number of hydrogen-bond donors (Lipinski definition) is 0. The normalized spacial score (nSPS) is 13.8. The summed E-state index contributed by atoms with van der Waals surface area (Å²) in [4.78, 5) is 0. The van der Waals surface area contributed by atoms with Gasteiger partial charge in [0.25, 0.3) is 0 Å². The first-order valence-electron chi connectivity index (χ1n) is 6.44.